The highest BCUT2D eigenvalue weighted by molar-refractivity contribution is 7.15. The lowest BCUT2D eigenvalue weighted by Crippen LogP contribution is -2.13. The van der Waals surface area contributed by atoms with Gasteiger partial charge in [0.1, 0.15) is 41.4 Å². The van der Waals surface area contributed by atoms with E-state index in [0.717, 1.165) is 5.01 Å². The van der Waals surface area contributed by atoms with Crippen LogP contribution in [0.3, 0.4) is 0 Å². The van der Waals surface area contributed by atoms with E-state index in [1.54, 1.807) is 24.3 Å². The Morgan fingerprint density at radius 1 is 1.12 bits per heavy atom. The van der Waals surface area contributed by atoms with Crippen LogP contribution >= 0.6 is 11.3 Å². The highest BCUT2D eigenvalue weighted by atomic mass is 32.1. The minimum Gasteiger partial charge on any atom is -0.490 e. The smallest absolute Gasteiger partial charge is 0.269 e. The zero-order valence-corrected chi connectivity index (χ0v) is 18.4. The second-order valence-corrected chi connectivity index (χ2v) is 7.56. The lowest BCUT2D eigenvalue weighted by Gasteiger charge is -2.08. The number of non-ortho nitro benzene ring substituents is 1. The van der Waals surface area contributed by atoms with E-state index in [-0.39, 0.29) is 24.5 Å². The Morgan fingerprint density at radius 2 is 1.73 bits per heavy atom. The molecular formula is C22H19N5O5S. The van der Waals surface area contributed by atoms with Gasteiger partial charge in [-0.2, -0.15) is 5.26 Å². The summed E-state index contributed by atoms with van der Waals surface area (Å²) in [6.45, 7) is 2.45. The van der Waals surface area contributed by atoms with E-state index in [4.69, 9.17) is 9.47 Å². The van der Waals surface area contributed by atoms with Crippen LogP contribution in [0, 0.1) is 21.4 Å². The molecule has 1 amide bonds. The van der Waals surface area contributed by atoms with E-state index >= 15 is 0 Å². The largest absolute Gasteiger partial charge is 0.490 e. The molecule has 3 rings (SSSR count). The van der Waals surface area contributed by atoms with Crippen LogP contribution < -0.4 is 14.8 Å². The van der Waals surface area contributed by atoms with Crippen molar-refractivity contribution in [1.82, 2.24) is 10.2 Å². The molecule has 0 radical (unpaired) electrons. The number of aryl methyl sites for hydroxylation is 1. The molecule has 0 spiro atoms. The number of benzene rings is 2. The summed E-state index contributed by atoms with van der Waals surface area (Å²) in [5.74, 6) is 0.537. The molecule has 0 fully saturated rings. The number of hydrogen-bond donors (Lipinski definition) is 1. The molecule has 11 heteroatoms. The molecule has 0 bridgehead atoms. The third kappa shape index (κ3) is 6.84. The summed E-state index contributed by atoms with van der Waals surface area (Å²) in [6.07, 6.45) is 2.19. The zero-order valence-electron chi connectivity index (χ0n) is 17.6. The predicted octanol–water partition coefficient (Wildman–Crippen LogP) is 4.01. The first-order chi connectivity index (χ1) is 16.0. The number of aromatic nitrogens is 2. The number of carbonyl (C=O) groups excluding carboxylic acids is 1. The maximum absolute atomic E-state index is 12.3. The monoisotopic (exact) mass is 465 g/mol. The molecule has 1 aromatic heterocycles. The van der Waals surface area contributed by atoms with Crippen molar-refractivity contribution in [2.45, 2.75) is 13.3 Å². The van der Waals surface area contributed by atoms with E-state index in [2.05, 4.69) is 15.5 Å². The van der Waals surface area contributed by atoms with Crippen molar-refractivity contribution in [3.05, 3.63) is 74.8 Å². The van der Waals surface area contributed by atoms with Gasteiger partial charge in [-0.25, -0.2) is 0 Å². The summed E-state index contributed by atoms with van der Waals surface area (Å²) >= 11 is 1.26. The summed E-state index contributed by atoms with van der Waals surface area (Å²) in [5, 5.41) is 31.5. The van der Waals surface area contributed by atoms with Crippen LogP contribution in [0.5, 0.6) is 11.5 Å². The van der Waals surface area contributed by atoms with Crippen LogP contribution in [0.1, 0.15) is 17.5 Å². The Labute approximate surface area is 193 Å². The van der Waals surface area contributed by atoms with Crippen molar-refractivity contribution in [2.24, 2.45) is 0 Å². The molecular weight excluding hydrogens is 446 g/mol. The highest BCUT2D eigenvalue weighted by Crippen LogP contribution is 2.19. The van der Waals surface area contributed by atoms with Crippen molar-refractivity contribution in [3.8, 4) is 17.6 Å². The van der Waals surface area contributed by atoms with Gasteiger partial charge < -0.3 is 9.47 Å². The molecule has 10 nitrogen and oxygen atoms in total. The summed E-state index contributed by atoms with van der Waals surface area (Å²) in [6, 6.07) is 14.5. The minimum atomic E-state index is -0.556. The molecule has 0 aliphatic carbocycles. The first-order valence-corrected chi connectivity index (χ1v) is 10.7. The number of carbonyl (C=O) groups is 1. The standard InChI is InChI=1S/C22H19N5O5S/c1-2-20-25-26-22(33-20)24-21(28)16(14-23)13-15-3-7-18(8-4-15)31-11-12-32-19-9-5-17(6-10-19)27(29)30/h3-10,13H,2,11-12H2,1H3,(H,24,26,28). The van der Waals surface area contributed by atoms with E-state index in [1.807, 2.05) is 13.0 Å². The van der Waals surface area contributed by atoms with Gasteiger partial charge in [0.15, 0.2) is 0 Å². The van der Waals surface area contributed by atoms with Gasteiger partial charge in [0.05, 0.1) is 4.92 Å². The van der Waals surface area contributed by atoms with Gasteiger partial charge in [-0.15, -0.1) is 10.2 Å². The maximum atomic E-state index is 12.3. The van der Waals surface area contributed by atoms with Crippen molar-refractivity contribution >= 4 is 34.1 Å². The average Bonchev–Trinajstić information content (AvgIpc) is 3.29. The van der Waals surface area contributed by atoms with Crippen LogP contribution in [0.4, 0.5) is 10.8 Å². The van der Waals surface area contributed by atoms with E-state index in [9.17, 15) is 20.2 Å². The number of nitro groups is 1. The summed E-state index contributed by atoms with van der Waals surface area (Å²) < 4.78 is 11.1. The number of ether oxygens (including phenoxy) is 2. The van der Waals surface area contributed by atoms with Crippen LogP contribution in [-0.2, 0) is 11.2 Å². The number of anilines is 1. The number of nitrogens with zero attached hydrogens (tertiary/aromatic N) is 4. The molecule has 0 aliphatic rings. The number of amides is 1. The van der Waals surface area contributed by atoms with E-state index in [1.165, 1.54) is 41.7 Å². The van der Waals surface area contributed by atoms with Gasteiger partial charge >= 0.3 is 0 Å². The normalized spacial score (nSPS) is 10.8. The van der Waals surface area contributed by atoms with Gasteiger partial charge in [-0.05, 0) is 42.3 Å². The molecule has 0 aliphatic heterocycles. The molecule has 168 valence electrons. The molecule has 1 N–H and O–H groups in total. The lowest BCUT2D eigenvalue weighted by atomic mass is 10.1. The van der Waals surface area contributed by atoms with Gasteiger partial charge in [-0.3, -0.25) is 20.2 Å². The third-order valence-electron chi connectivity index (χ3n) is 4.21. The Morgan fingerprint density at radius 3 is 2.24 bits per heavy atom. The van der Waals surface area contributed by atoms with Crippen LogP contribution in [-0.4, -0.2) is 34.2 Å². The highest BCUT2D eigenvalue weighted by Gasteiger charge is 2.12. The third-order valence-corrected chi connectivity index (χ3v) is 5.20. The van der Waals surface area contributed by atoms with Gasteiger partial charge in [0.2, 0.25) is 5.13 Å². The number of nitro benzene ring substituents is 1. The topological polar surface area (TPSA) is 140 Å². The quantitative estimate of drug-likeness (QED) is 0.156. The van der Waals surface area contributed by atoms with Crippen molar-refractivity contribution < 1.29 is 19.2 Å². The molecule has 33 heavy (non-hydrogen) atoms. The van der Waals surface area contributed by atoms with Crippen molar-refractivity contribution in [3.63, 3.8) is 0 Å². The fourth-order valence-electron chi connectivity index (χ4n) is 2.57. The molecule has 0 saturated heterocycles. The Kier molecular flexibility index (Phi) is 8.04. The average molecular weight is 465 g/mol. The SMILES string of the molecule is CCc1nnc(NC(=O)C(C#N)=Cc2ccc(OCCOc3ccc([N+](=O)[O-])cc3)cc2)s1. The lowest BCUT2D eigenvalue weighted by molar-refractivity contribution is -0.384. The van der Waals surface area contributed by atoms with Gasteiger partial charge in [0, 0.05) is 12.1 Å². The minimum absolute atomic E-state index is 0.00407. The maximum Gasteiger partial charge on any atom is 0.269 e. The Hall–Kier alpha value is -4.30. The number of nitrogens with one attached hydrogen (secondary N) is 1. The van der Waals surface area contributed by atoms with E-state index in [0.29, 0.717) is 28.6 Å². The predicted molar refractivity (Wildman–Crippen MR) is 122 cm³/mol. The van der Waals surface area contributed by atoms with Crippen molar-refractivity contribution in [1.29, 1.82) is 5.26 Å². The second-order valence-electron chi connectivity index (χ2n) is 6.50. The fourth-order valence-corrected chi connectivity index (χ4v) is 3.24. The summed E-state index contributed by atoms with van der Waals surface area (Å²) in [4.78, 5) is 22.5. The fraction of sp³-hybridized carbons (Fsp3) is 0.182. The van der Waals surface area contributed by atoms with Crippen LogP contribution in [0.25, 0.3) is 6.08 Å². The Balaban J connectivity index is 1.49. The molecule has 0 atom stereocenters. The Bertz CT molecular complexity index is 1180. The summed E-state index contributed by atoms with van der Waals surface area (Å²) in [5.41, 5.74) is 0.590. The van der Waals surface area contributed by atoms with Gasteiger partial charge in [-0.1, -0.05) is 30.4 Å². The van der Waals surface area contributed by atoms with Crippen molar-refractivity contribution in [2.75, 3.05) is 18.5 Å². The molecule has 2 aromatic carbocycles. The first-order valence-electron chi connectivity index (χ1n) is 9.84. The van der Waals surface area contributed by atoms with Gasteiger partial charge in [0.25, 0.3) is 11.6 Å². The number of rotatable bonds is 10. The first kappa shape index (κ1) is 23.4. The van der Waals surface area contributed by atoms with Crippen LogP contribution in [0.15, 0.2) is 54.1 Å². The molecule has 3 aromatic rings. The number of nitriles is 1. The number of hydrogen-bond acceptors (Lipinski definition) is 9. The molecule has 1 heterocycles. The zero-order chi connectivity index (χ0) is 23.6. The van der Waals surface area contributed by atoms with Crippen LogP contribution in [0.2, 0.25) is 0 Å². The summed E-state index contributed by atoms with van der Waals surface area (Å²) in [7, 11) is 0. The second kappa shape index (κ2) is 11.4. The molecule has 0 saturated carbocycles. The molecule has 0 unspecified atom stereocenters. The van der Waals surface area contributed by atoms with E-state index < -0.39 is 10.8 Å².